The quantitative estimate of drug-likeness (QED) is 0.829. The molecule has 2 aromatic rings. The van der Waals surface area contributed by atoms with Gasteiger partial charge in [-0.2, -0.15) is 4.52 Å². The zero-order valence-corrected chi connectivity index (χ0v) is 10.5. The van der Waals surface area contributed by atoms with Crippen molar-refractivity contribution in [3.05, 3.63) is 12.4 Å². The van der Waals surface area contributed by atoms with Crippen LogP contribution >= 0.6 is 0 Å². The second-order valence-electron chi connectivity index (χ2n) is 4.56. The van der Waals surface area contributed by atoms with Crippen LogP contribution < -0.4 is 10.2 Å². The third-order valence-electron chi connectivity index (χ3n) is 3.33. The van der Waals surface area contributed by atoms with Gasteiger partial charge in [0.05, 0.1) is 12.4 Å². The maximum atomic E-state index is 4.21. The first-order valence-corrected chi connectivity index (χ1v) is 6.39. The van der Waals surface area contributed by atoms with Crippen LogP contribution in [0.5, 0.6) is 0 Å². The lowest BCUT2D eigenvalue weighted by molar-refractivity contribution is 0.428. The Balaban J connectivity index is 1.87. The van der Waals surface area contributed by atoms with E-state index in [0.29, 0.717) is 11.7 Å². The van der Waals surface area contributed by atoms with Crippen LogP contribution in [0.4, 0.5) is 5.82 Å². The van der Waals surface area contributed by atoms with Gasteiger partial charge in [-0.15, -0.1) is 5.10 Å². The minimum atomic E-state index is 0.537. The molecule has 0 aromatic carbocycles. The Kier molecular flexibility index (Phi) is 3.06. The molecule has 7 heteroatoms. The van der Waals surface area contributed by atoms with Gasteiger partial charge in [0.15, 0.2) is 11.5 Å². The first-order valence-electron chi connectivity index (χ1n) is 6.39. The topological polar surface area (TPSA) is 71.2 Å². The lowest BCUT2D eigenvalue weighted by Crippen LogP contribution is -2.46. The van der Waals surface area contributed by atoms with Gasteiger partial charge in [0.2, 0.25) is 0 Å². The van der Waals surface area contributed by atoms with Crippen LogP contribution in [0, 0.1) is 0 Å². The number of tetrazole rings is 1. The van der Waals surface area contributed by atoms with E-state index in [1.807, 2.05) is 6.20 Å². The van der Waals surface area contributed by atoms with E-state index in [4.69, 9.17) is 0 Å². The molecule has 7 nitrogen and oxygen atoms in total. The molecular formula is C11H17N7. The molecule has 1 fully saturated rings. The molecule has 1 unspecified atom stereocenters. The van der Waals surface area contributed by atoms with E-state index in [9.17, 15) is 0 Å². The summed E-state index contributed by atoms with van der Waals surface area (Å²) in [4.78, 5) is 6.50. The van der Waals surface area contributed by atoms with Crippen molar-refractivity contribution in [1.82, 2.24) is 30.3 Å². The average molecular weight is 247 g/mol. The van der Waals surface area contributed by atoms with E-state index in [0.717, 1.165) is 25.5 Å². The number of hydrogen-bond acceptors (Lipinski definition) is 6. The van der Waals surface area contributed by atoms with Gasteiger partial charge in [0.1, 0.15) is 0 Å². The predicted octanol–water partition coefficient (Wildman–Crippen LogP) is 0.0976. The Morgan fingerprint density at radius 1 is 1.44 bits per heavy atom. The van der Waals surface area contributed by atoms with Crippen molar-refractivity contribution >= 4 is 11.5 Å². The highest BCUT2D eigenvalue weighted by Gasteiger charge is 2.21. The zero-order valence-electron chi connectivity index (χ0n) is 10.5. The molecule has 0 amide bonds. The minimum absolute atomic E-state index is 0.537. The molecule has 0 aliphatic carbocycles. The molecule has 1 saturated heterocycles. The van der Waals surface area contributed by atoms with Gasteiger partial charge in [-0.25, -0.2) is 0 Å². The van der Waals surface area contributed by atoms with Crippen molar-refractivity contribution in [1.29, 1.82) is 0 Å². The summed E-state index contributed by atoms with van der Waals surface area (Å²) in [6, 6.07) is 0.537. The monoisotopic (exact) mass is 247 g/mol. The predicted molar refractivity (Wildman–Crippen MR) is 67.5 cm³/mol. The zero-order chi connectivity index (χ0) is 12.4. The van der Waals surface area contributed by atoms with Crippen LogP contribution in [0.15, 0.2) is 12.4 Å². The average Bonchev–Trinajstić information content (AvgIpc) is 2.87. The smallest absolute Gasteiger partial charge is 0.199 e. The molecular weight excluding hydrogens is 230 g/mol. The van der Waals surface area contributed by atoms with E-state index in [-0.39, 0.29) is 0 Å². The Bertz CT molecular complexity index is 521. The van der Waals surface area contributed by atoms with Gasteiger partial charge in [-0.3, -0.25) is 4.98 Å². The number of hydrogen-bond donors (Lipinski definition) is 1. The molecule has 18 heavy (non-hydrogen) atoms. The van der Waals surface area contributed by atoms with E-state index in [1.165, 1.54) is 12.8 Å². The molecule has 1 aliphatic heterocycles. The maximum absolute atomic E-state index is 4.21. The van der Waals surface area contributed by atoms with Crippen LogP contribution in [0.2, 0.25) is 0 Å². The standard InChI is InChI=1S/C11H17N7/c1-2-13-9-4-3-5-17(8-9)11-7-12-6-10-14-15-16-18(10)11/h6-7,9,13H,2-5,8H2,1H3. The lowest BCUT2D eigenvalue weighted by atomic mass is 10.1. The molecule has 0 saturated carbocycles. The second kappa shape index (κ2) is 4.85. The van der Waals surface area contributed by atoms with Crippen LogP contribution in [-0.4, -0.2) is 50.7 Å². The summed E-state index contributed by atoms with van der Waals surface area (Å²) < 4.78 is 1.75. The number of piperidine rings is 1. The fraction of sp³-hybridized carbons (Fsp3) is 0.636. The van der Waals surface area contributed by atoms with Crippen LogP contribution in [0.1, 0.15) is 19.8 Å². The van der Waals surface area contributed by atoms with Crippen LogP contribution in [-0.2, 0) is 0 Å². The third-order valence-corrected chi connectivity index (χ3v) is 3.33. The van der Waals surface area contributed by atoms with Gasteiger partial charge in [0, 0.05) is 19.1 Å². The molecule has 0 bridgehead atoms. The summed E-state index contributed by atoms with van der Waals surface area (Å²) in [5, 5.41) is 15.1. The molecule has 1 aliphatic rings. The largest absolute Gasteiger partial charge is 0.354 e. The summed E-state index contributed by atoms with van der Waals surface area (Å²) in [6.45, 7) is 5.16. The van der Waals surface area contributed by atoms with Crippen LogP contribution in [0.25, 0.3) is 5.65 Å². The van der Waals surface area contributed by atoms with E-state index in [1.54, 1.807) is 10.7 Å². The first-order chi connectivity index (χ1) is 8.88. The number of rotatable bonds is 3. The van der Waals surface area contributed by atoms with Gasteiger partial charge in [-0.1, -0.05) is 6.92 Å². The van der Waals surface area contributed by atoms with Gasteiger partial charge >= 0.3 is 0 Å². The SMILES string of the molecule is CCNC1CCCN(c2cncc3nnnn23)C1. The van der Waals surface area contributed by atoms with Crippen molar-refractivity contribution < 1.29 is 0 Å². The summed E-state index contributed by atoms with van der Waals surface area (Å²) in [7, 11) is 0. The molecule has 2 aromatic heterocycles. The Morgan fingerprint density at radius 3 is 3.28 bits per heavy atom. The van der Waals surface area contributed by atoms with Gasteiger partial charge in [0.25, 0.3) is 0 Å². The summed E-state index contributed by atoms with van der Waals surface area (Å²) in [6.07, 6.45) is 5.91. The highest BCUT2D eigenvalue weighted by molar-refractivity contribution is 5.46. The summed E-state index contributed by atoms with van der Waals surface area (Å²) >= 11 is 0. The number of nitrogens with zero attached hydrogens (tertiary/aromatic N) is 6. The molecule has 0 radical (unpaired) electrons. The van der Waals surface area contributed by atoms with E-state index in [2.05, 4.69) is 37.6 Å². The van der Waals surface area contributed by atoms with E-state index < -0.39 is 0 Å². The fourth-order valence-corrected chi connectivity index (χ4v) is 2.52. The number of anilines is 1. The Hall–Kier alpha value is -1.76. The highest BCUT2D eigenvalue weighted by atomic mass is 15.5. The van der Waals surface area contributed by atoms with E-state index >= 15 is 0 Å². The Morgan fingerprint density at radius 2 is 2.39 bits per heavy atom. The molecule has 1 atom stereocenters. The van der Waals surface area contributed by atoms with Crippen molar-refractivity contribution in [2.75, 3.05) is 24.5 Å². The maximum Gasteiger partial charge on any atom is 0.199 e. The number of likely N-dealkylation sites (N-methyl/N-ethyl adjacent to an activating group) is 1. The number of aromatic nitrogens is 5. The summed E-state index contributed by atoms with van der Waals surface area (Å²) in [5.41, 5.74) is 0.693. The minimum Gasteiger partial charge on any atom is -0.354 e. The molecule has 1 N–H and O–H groups in total. The van der Waals surface area contributed by atoms with Crippen molar-refractivity contribution in [3.8, 4) is 0 Å². The molecule has 0 spiro atoms. The van der Waals surface area contributed by atoms with Crippen molar-refractivity contribution in [2.45, 2.75) is 25.8 Å². The molecule has 96 valence electrons. The molecule has 3 heterocycles. The highest BCUT2D eigenvalue weighted by Crippen LogP contribution is 2.18. The van der Waals surface area contributed by atoms with Crippen molar-refractivity contribution in [2.24, 2.45) is 0 Å². The van der Waals surface area contributed by atoms with Crippen molar-refractivity contribution in [3.63, 3.8) is 0 Å². The number of fused-ring (bicyclic) bond motifs is 1. The van der Waals surface area contributed by atoms with Crippen LogP contribution in [0.3, 0.4) is 0 Å². The number of nitrogens with one attached hydrogen (secondary N) is 1. The Labute approximate surface area is 105 Å². The lowest BCUT2D eigenvalue weighted by Gasteiger charge is -2.34. The normalized spacial score (nSPS) is 20.5. The first kappa shape index (κ1) is 11.3. The molecule has 3 rings (SSSR count). The summed E-state index contributed by atoms with van der Waals surface area (Å²) in [5.74, 6) is 0.972. The third kappa shape index (κ3) is 2.01. The fourth-order valence-electron chi connectivity index (χ4n) is 2.52. The second-order valence-corrected chi connectivity index (χ2v) is 4.56. The van der Waals surface area contributed by atoms with Gasteiger partial charge < -0.3 is 10.2 Å². The van der Waals surface area contributed by atoms with Gasteiger partial charge in [-0.05, 0) is 29.8 Å².